The number of ketones is 1. The Hall–Kier alpha value is -3.35. The lowest BCUT2D eigenvalue weighted by atomic mass is 9.96. The van der Waals surface area contributed by atoms with Crippen molar-refractivity contribution in [3.05, 3.63) is 58.7 Å². The maximum absolute atomic E-state index is 12.0. The predicted molar refractivity (Wildman–Crippen MR) is 111 cm³/mol. The first-order valence-electron chi connectivity index (χ1n) is 9.18. The summed E-state index contributed by atoms with van der Waals surface area (Å²) in [6, 6.07) is 10.8. The molecule has 0 spiro atoms. The molecule has 0 unspecified atom stereocenters. The van der Waals surface area contributed by atoms with Gasteiger partial charge in [-0.25, -0.2) is 0 Å². The van der Waals surface area contributed by atoms with Crippen LogP contribution in [-0.4, -0.2) is 23.1 Å². The van der Waals surface area contributed by atoms with Gasteiger partial charge >= 0.3 is 0 Å². The van der Waals surface area contributed by atoms with Crippen molar-refractivity contribution in [2.45, 2.75) is 39.7 Å². The van der Waals surface area contributed by atoms with Gasteiger partial charge in [0.25, 0.3) is 0 Å². The van der Waals surface area contributed by atoms with Crippen LogP contribution in [0.15, 0.2) is 46.6 Å². The molecule has 2 aromatic rings. The van der Waals surface area contributed by atoms with Crippen LogP contribution in [0, 0.1) is 0 Å². The highest BCUT2D eigenvalue weighted by molar-refractivity contribution is 5.98. The van der Waals surface area contributed by atoms with E-state index in [0.717, 1.165) is 23.1 Å². The number of hydrogen-bond acceptors (Lipinski definition) is 5. The minimum Gasteiger partial charge on any atom is -0.507 e. The number of rotatable bonds is 9. The van der Waals surface area contributed by atoms with Crippen LogP contribution in [0.2, 0.25) is 0 Å². The normalized spacial score (nSPS) is 10.8. The fourth-order valence-electron chi connectivity index (χ4n) is 2.73. The molecule has 0 radical (unpaired) electrons. The van der Waals surface area contributed by atoms with Gasteiger partial charge in [0.05, 0.1) is 11.8 Å². The fraction of sp³-hybridized carbons (Fsp3) is 0.286. The van der Waals surface area contributed by atoms with Gasteiger partial charge in [0.15, 0.2) is 5.78 Å². The number of guanidine groups is 1. The zero-order valence-electron chi connectivity index (χ0n) is 16.2. The van der Waals surface area contributed by atoms with Gasteiger partial charge in [-0.2, -0.15) is 5.10 Å². The van der Waals surface area contributed by atoms with Crippen LogP contribution in [-0.2, 0) is 13.0 Å². The van der Waals surface area contributed by atoms with Crippen molar-refractivity contribution in [3.8, 4) is 11.5 Å². The number of phenols is 1. The molecule has 0 aliphatic heterocycles. The van der Waals surface area contributed by atoms with Crippen LogP contribution in [0.1, 0.15) is 53.7 Å². The first-order chi connectivity index (χ1) is 13.5. The van der Waals surface area contributed by atoms with Gasteiger partial charge < -0.3 is 21.3 Å². The lowest BCUT2D eigenvalue weighted by Gasteiger charge is -2.15. The third-order valence-electron chi connectivity index (χ3n) is 4.16. The number of ether oxygens (including phenoxy) is 1. The molecule has 2 aromatic carbocycles. The maximum Gasteiger partial charge on any atom is 0.211 e. The Kier molecular flexibility index (Phi) is 7.56. The summed E-state index contributed by atoms with van der Waals surface area (Å²) in [4.78, 5) is 12.0. The van der Waals surface area contributed by atoms with Gasteiger partial charge in [0.1, 0.15) is 18.1 Å². The standard InChI is InChI=1S/C21H26N4O3/c1-3-5-17-15(8-11-18(20(17)27)19(26)4-2)13-28-16-9-6-14(7-10-16)12-24-25-21(22)23/h6-12,27H,3-5,13H2,1-2H3,(H4,22,23,25)/b24-12+. The van der Waals surface area contributed by atoms with Crippen LogP contribution in [0.25, 0.3) is 0 Å². The van der Waals surface area contributed by atoms with E-state index in [4.69, 9.17) is 16.2 Å². The van der Waals surface area contributed by atoms with Gasteiger partial charge in [-0.15, -0.1) is 5.10 Å². The molecule has 0 fully saturated rings. The van der Waals surface area contributed by atoms with Gasteiger partial charge in [-0.1, -0.05) is 26.3 Å². The zero-order valence-corrected chi connectivity index (χ0v) is 16.2. The third-order valence-corrected chi connectivity index (χ3v) is 4.16. The fourth-order valence-corrected chi connectivity index (χ4v) is 2.73. The molecule has 2 rings (SSSR count). The highest BCUT2D eigenvalue weighted by atomic mass is 16.5. The van der Waals surface area contributed by atoms with E-state index in [1.165, 1.54) is 6.21 Å². The van der Waals surface area contributed by atoms with E-state index in [0.29, 0.717) is 30.8 Å². The Bertz CT molecular complexity index is 870. The summed E-state index contributed by atoms with van der Waals surface area (Å²) in [7, 11) is 0. The van der Waals surface area contributed by atoms with Gasteiger partial charge in [-0.3, -0.25) is 4.79 Å². The molecular formula is C21H26N4O3. The molecule has 0 aromatic heterocycles. The summed E-state index contributed by atoms with van der Waals surface area (Å²) >= 11 is 0. The molecule has 0 bridgehead atoms. The van der Waals surface area contributed by atoms with Crippen LogP contribution in [0.5, 0.6) is 11.5 Å². The van der Waals surface area contributed by atoms with Crippen molar-refractivity contribution in [1.82, 2.24) is 0 Å². The van der Waals surface area contributed by atoms with Crippen LogP contribution < -0.4 is 16.2 Å². The highest BCUT2D eigenvalue weighted by Gasteiger charge is 2.16. The van der Waals surface area contributed by atoms with Crippen LogP contribution >= 0.6 is 0 Å². The maximum atomic E-state index is 12.0. The molecule has 28 heavy (non-hydrogen) atoms. The number of nitrogens with zero attached hydrogens (tertiary/aromatic N) is 2. The van der Waals surface area contributed by atoms with E-state index in [1.54, 1.807) is 13.0 Å². The first kappa shape index (κ1) is 21.0. The lowest BCUT2D eigenvalue weighted by molar-refractivity contribution is 0.0985. The number of nitrogens with two attached hydrogens (primary N) is 2. The summed E-state index contributed by atoms with van der Waals surface area (Å²) in [6.45, 7) is 4.11. The molecular weight excluding hydrogens is 356 g/mol. The Morgan fingerprint density at radius 3 is 2.46 bits per heavy atom. The Labute approximate surface area is 164 Å². The van der Waals surface area contributed by atoms with Crippen molar-refractivity contribution < 1.29 is 14.6 Å². The van der Waals surface area contributed by atoms with Crippen molar-refractivity contribution >= 4 is 18.0 Å². The molecule has 7 nitrogen and oxygen atoms in total. The summed E-state index contributed by atoms with van der Waals surface area (Å²) in [5, 5.41) is 17.8. The smallest absolute Gasteiger partial charge is 0.211 e. The Morgan fingerprint density at radius 2 is 1.86 bits per heavy atom. The number of carbonyl (C=O) groups excluding carboxylic acids is 1. The summed E-state index contributed by atoms with van der Waals surface area (Å²) in [5.41, 5.74) is 13.3. The van der Waals surface area contributed by atoms with E-state index in [9.17, 15) is 9.90 Å². The average molecular weight is 382 g/mol. The van der Waals surface area contributed by atoms with Crippen molar-refractivity contribution in [3.63, 3.8) is 0 Å². The zero-order chi connectivity index (χ0) is 20.5. The molecule has 0 atom stereocenters. The first-order valence-corrected chi connectivity index (χ1v) is 9.18. The number of hydrogen-bond donors (Lipinski definition) is 3. The average Bonchev–Trinajstić information content (AvgIpc) is 2.68. The minimum absolute atomic E-state index is 0.0692. The van der Waals surface area contributed by atoms with Gasteiger partial charge in [-0.05, 0) is 47.9 Å². The number of carbonyl (C=O) groups is 1. The number of benzene rings is 2. The van der Waals surface area contributed by atoms with Crippen molar-refractivity contribution in [2.24, 2.45) is 21.7 Å². The second-order valence-electron chi connectivity index (χ2n) is 6.25. The third kappa shape index (κ3) is 5.57. The molecule has 5 N–H and O–H groups in total. The lowest BCUT2D eigenvalue weighted by Crippen LogP contribution is -2.21. The minimum atomic E-state index is -0.103. The summed E-state index contributed by atoms with van der Waals surface area (Å²) < 4.78 is 5.85. The van der Waals surface area contributed by atoms with Crippen LogP contribution in [0.4, 0.5) is 0 Å². The Morgan fingerprint density at radius 1 is 1.14 bits per heavy atom. The van der Waals surface area contributed by atoms with Gasteiger partial charge in [0, 0.05) is 12.0 Å². The number of Topliss-reactive ketones (excluding diaryl/α,β-unsaturated/α-hetero) is 1. The van der Waals surface area contributed by atoms with Gasteiger partial charge in [0.2, 0.25) is 5.96 Å². The molecule has 0 amide bonds. The van der Waals surface area contributed by atoms with Crippen molar-refractivity contribution in [2.75, 3.05) is 0 Å². The molecule has 7 heteroatoms. The molecule has 0 aliphatic carbocycles. The quantitative estimate of drug-likeness (QED) is 0.266. The second-order valence-corrected chi connectivity index (χ2v) is 6.25. The van der Waals surface area contributed by atoms with E-state index in [2.05, 4.69) is 10.2 Å². The molecule has 0 heterocycles. The molecule has 0 saturated carbocycles. The van der Waals surface area contributed by atoms with E-state index >= 15 is 0 Å². The Balaban J connectivity index is 2.13. The van der Waals surface area contributed by atoms with E-state index < -0.39 is 0 Å². The SMILES string of the molecule is CCCc1c(COc2ccc(/C=N/N=C(N)N)cc2)ccc(C(=O)CC)c1O. The van der Waals surface area contributed by atoms with Crippen molar-refractivity contribution in [1.29, 1.82) is 0 Å². The largest absolute Gasteiger partial charge is 0.507 e. The van der Waals surface area contributed by atoms with E-state index in [1.807, 2.05) is 37.3 Å². The number of aromatic hydroxyl groups is 1. The number of phenolic OH excluding ortho intramolecular Hbond substituents is 1. The molecule has 0 aliphatic rings. The topological polar surface area (TPSA) is 123 Å². The van der Waals surface area contributed by atoms with E-state index in [-0.39, 0.29) is 17.5 Å². The molecule has 0 saturated heterocycles. The summed E-state index contributed by atoms with van der Waals surface area (Å²) in [5.74, 6) is 0.574. The highest BCUT2D eigenvalue weighted by Crippen LogP contribution is 2.29. The summed E-state index contributed by atoms with van der Waals surface area (Å²) in [6.07, 6.45) is 3.42. The monoisotopic (exact) mass is 382 g/mol. The molecule has 148 valence electrons. The second kappa shape index (κ2) is 10.1. The van der Waals surface area contributed by atoms with Crippen LogP contribution in [0.3, 0.4) is 0 Å². The predicted octanol–water partition coefficient (Wildman–Crippen LogP) is 3.12.